The average Bonchev–Trinajstić information content (AvgIpc) is 2.95. The molecular formula is C29H29F3N4O5. The van der Waals surface area contributed by atoms with Crippen LogP contribution in [0.25, 0.3) is 11.1 Å². The molecule has 0 saturated heterocycles. The minimum Gasteiger partial charge on any atom is -0.386 e. The molecule has 1 aromatic heterocycles. The smallest absolute Gasteiger partial charge is 0.386 e. The van der Waals surface area contributed by atoms with Gasteiger partial charge in [0.2, 0.25) is 11.8 Å². The molecule has 1 unspecified atom stereocenters. The predicted molar refractivity (Wildman–Crippen MR) is 144 cm³/mol. The van der Waals surface area contributed by atoms with E-state index in [4.69, 9.17) is 0 Å². The van der Waals surface area contributed by atoms with E-state index in [1.807, 2.05) is 36.4 Å². The van der Waals surface area contributed by atoms with Crippen LogP contribution < -0.4 is 16.0 Å². The van der Waals surface area contributed by atoms with Crippen LogP contribution in [0, 0.1) is 0 Å². The molecule has 2 amide bonds. The topological polar surface area (TPSA) is 126 Å². The Balaban J connectivity index is 1.62. The Labute approximate surface area is 234 Å². The van der Waals surface area contributed by atoms with E-state index in [2.05, 4.69) is 25.7 Å². The maximum Gasteiger partial charge on any atom is 0.491 e. The number of anilines is 1. The number of benzene rings is 2. The van der Waals surface area contributed by atoms with Gasteiger partial charge in [-0.25, -0.2) is 9.78 Å². The van der Waals surface area contributed by atoms with Crippen LogP contribution in [0.5, 0.6) is 0 Å². The fourth-order valence-electron chi connectivity index (χ4n) is 3.77. The van der Waals surface area contributed by atoms with Crippen molar-refractivity contribution >= 4 is 29.6 Å². The molecule has 216 valence electrons. The number of nitrogens with zero attached hydrogens (tertiary/aromatic N) is 1. The molecule has 3 N–H and O–H groups in total. The van der Waals surface area contributed by atoms with Gasteiger partial charge in [-0.3, -0.25) is 14.4 Å². The van der Waals surface area contributed by atoms with Gasteiger partial charge >= 0.3 is 18.1 Å². The summed E-state index contributed by atoms with van der Waals surface area (Å²) in [5.41, 5.74) is 2.11. The van der Waals surface area contributed by atoms with E-state index in [1.165, 1.54) is 6.92 Å². The molecule has 0 aliphatic rings. The van der Waals surface area contributed by atoms with Crippen molar-refractivity contribution in [1.29, 1.82) is 0 Å². The lowest BCUT2D eigenvalue weighted by atomic mass is 9.99. The molecule has 0 aliphatic carbocycles. The summed E-state index contributed by atoms with van der Waals surface area (Å²) in [5, 5.41) is 8.19. The van der Waals surface area contributed by atoms with E-state index in [1.54, 1.807) is 42.6 Å². The van der Waals surface area contributed by atoms with E-state index in [-0.39, 0.29) is 6.42 Å². The summed E-state index contributed by atoms with van der Waals surface area (Å²) in [7, 11) is 0. The number of rotatable bonds is 12. The molecule has 41 heavy (non-hydrogen) atoms. The number of carbonyl (C=O) groups excluding carboxylic acids is 4. The highest BCUT2D eigenvalue weighted by atomic mass is 19.4. The zero-order valence-corrected chi connectivity index (χ0v) is 22.1. The van der Waals surface area contributed by atoms with Gasteiger partial charge in [-0.15, -0.1) is 0 Å². The minimum atomic E-state index is -5.35. The Morgan fingerprint density at radius 1 is 0.878 bits per heavy atom. The number of halogens is 3. The molecule has 0 aliphatic heterocycles. The lowest BCUT2D eigenvalue weighted by Crippen LogP contribution is -2.46. The van der Waals surface area contributed by atoms with Crippen molar-refractivity contribution in [3.05, 3.63) is 84.6 Å². The Morgan fingerprint density at radius 3 is 2.17 bits per heavy atom. The first-order chi connectivity index (χ1) is 19.5. The van der Waals surface area contributed by atoms with Crippen LogP contribution in [0.15, 0.2) is 79.0 Å². The van der Waals surface area contributed by atoms with Crippen molar-refractivity contribution in [3.63, 3.8) is 0 Å². The summed E-state index contributed by atoms with van der Waals surface area (Å²) in [4.78, 5) is 52.6. The summed E-state index contributed by atoms with van der Waals surface area (Å²) in [6.45, 7) is 1.91. The second-order valence-corrected chi connectivity index (χ2v) is 9.05. The largest absolute Gasteiger partial charge is 0.491 e. The zero-order valence-electron chi connectivity index (χ0n) is 22.1. The summed E-state index contributed by atoms with van der Waals surface area (Å²) < 4.78 is 41.6. The van der Waals surface area contributed by atoms with Crippen molar-refractivity contribution in [1.82, 2.24) is 15.6 Å². The molecule has 1 heterocycles. The van der Waals surface area contributed by atoms with E-state index in [9.17, 15) is 32.3 Å². The molecular weight excluding hydrogens is 541 g/mol. The van der Waals surface area contributed by atoms with E-state index >= 15 is 0 Å². The summed E-state index contributed by atoms with van der Waals surface area (Å²) >= 11 is 0. The van der Waals surface area contributed by atoms with E-state index < -0.39 is 48.4 Å². The SMILES string of the molecule is C[C@@H](NC(=O)CCCNc1ccccn1)C(=O)NC(CC(=O)OC(=O)C(F)(F)F)c1ccc(-c2ccccc2)cc1. The van der Waals surface area contributed by atoms with Crippen LogP contribution in [0.3, 0.4) is 0 Å². The number of hydrogen-bond acceptors (Lipinski definition) is 7. The standard InChI is InChI=1S/C29H29F3N4O5/c1-19(35-25(37)11-7-17-34-24-10-5-6-16-33-24)27(39)36-23(18-26(38)41-28(40)29(30,31)32)22-14-12-21(13-15-22)20-8-3-2-4-9-20/h2-6,8-10,12-16,19,23H,7,11,17-18H2,1H3,(H,33,34)(H,35,37)(H,36,39)/t19-,23?/m1/s1. The molecule has 3 aromatic rings. The Bertz CT molecular complexity index is 1320. The normalized spacial score (nSPS) is 12.5. The first-order valence-corrected chi connectivity index (χ1v) is 12.7. The van der Waals surface area contributed by atoms with Gasteiger partial charge in [0, 0.05) is 19.2 Å². The number of ether oxygens (including phenoxy) is 1. The van der Waals surface area contributed by atoms with Gasteiger partial charge in [-0.1, -0.05) is 60.7 Å². The lowest BCUT2D eigenvalue weighted by Gasteiger charge is -2.22. The van der Waals surface area contributed by atoms with Crippen molar-refractivity contribution in [2.45, 2.75) is 44.4 Å². The molecule has 2 aromatic carbocycles. The monoisotopic (exact) mass is 570 g/mol. The fraction of sp³-hybridized carbons (Fsp3) is 0.276. The number of nitrogens with one attached hydrogen (secondary N) is 3. The van der Waals surface area contributed by atoms with Crippen LogP contribution in [-0.2, 0) is 23.9 Å². The molecule has 0 fully saturated rings. The van der Waals surface area contributed by atoms with Crippen molar-refractivity contribution in [3.8, 4) is 11.1 Å². The highest BCUT2D eigenvalue weighted by Gasteiger charge is 2.42. The van der Waals surface area contributed by atoms with E-state index in [0.717, 1.165) is 11.1 Å². The predicted octanol–water partition coefficient (Wildman–Crippen LogP) is 4.33. The average molecular weight is 571 g/mol. The Morgan fingerprint density at radius 2 is 1.54 bits per heavy atom. The van der Waals surface area contributed by atoms with Gasteiger partial charge < -0.3 is 20.7 Å². The van der Waals surface area contributed by atoms with Crippen LogP contribution in [0.1, 0.15) is 37.8 Å². The lowest BCUT2D eigenvalue weighted by molar-refractivity contribution is -0.202. The third-order valence-corrected chi connectivity index (χ3v) is 5.87. The second kappa shape index (κ2) is 14.6. The Kier molecular flexibility index (Phi) is 11.0. The van der Waals surface area contributed by atoms with E-state index in [0.29, 0.717) is 24.3 Å². The van der Waals surface area contributed by atoms with Gasteiger partial charge in [0.15, 0.2) is 0 Å². The molecule has 0 spiro atoms. The fourth-order valence-corrected chi connectivity index (χ4v) is 3.77. The van der Waals surface area contributed by atoms with Crippen molar-refractivity contribution in [2.75, 3.05) is 11.9 Å². The number of amides is 2. The highest BCUT2D eigenvalue weighted by Crippen LogP contribution is 2.25. The van der Waals surface area contributed by atoms with Gasteiger partial charge in [-0.05, 0) is 42.2 Å². The first kappa shape index (κ1) is 30.8. The maximum absolute atomic E-state index is 12.9. The summed E-state index contributed by atoms with van der Waals surface area (Å²) in [5.74, 6) is -4.53. The Hall–Kier alpha value is -4.74. The first-order valence-electron chi connectivity index (χ1n) is 12.7. The maximum atomic E-state index is 12.9. The second-order valence-electron chi connectivity index (χ2n) is 9.05. The van der Waals surface area contributed by atoms with Crippen LogP contribution in [0.2, 0.25) is 0 Å². The zero-order chi connectivity index (χ0) is 29.8. The van der Waals surface area contributed by atoms with Gasteiger partial charge in [0.05, 0.1) is 12.5 Å². The number of alkyl halides is 3. The molecule has 3 rings (SSSR count). The van der Waals surface area contributed by atoms with Gasteiger partial charge in [-0.2, -0.15) is 13.2 Å². The van der Waals surface area contributed by atoms with Crippen LogP contribution in [-0.4, -0.2) is 47.5 Å². The number of pyridine rings is 1. The van der Waals surface area contributed by atoms with Crippen molar-refractivity contribution < 1.29 is 37.1 Å². The number of hydrogen-bond donors (Lipinski definition) is 3. The van der Waals surface area contributed by atoms with Crippen molar-refractivity contribution in [2.24, 2.45) is 0 Å². The molecule has 0 radical (unpaired) electrons. The number of aromatic nitrogens is 1. The third kappa shape index (κ3) is 10.1. The number of esters is 2. The van der Waals surface area contributed by atoms with Crippen LogP contribution in [0.4, 0.5) is 19.0 Å². The molecule has 0 bridgehead atoms. The molecule has 0 saturated carbocycles. The highest BCUT2D eigenvalue weighted by molar-refractivity contribution is 5.90. The summed E-state index contributed by atoms with van der Waals surface area (Å²) in [6.07, 6.45) is -3.89. The molecule has 12 heteroatoms. The van der Waals surface area contributed by atoms with Crippen LogP contribution >= 0.6 is 0 Å². The van der Waals surface area contributed by atoms with Gasteiger partial charge in [0.25, 0.3) is 0 Å². The quantitative estimate of drug-likeness (QED) is 0.168. The number of carbonyl (C=O) groups is 4. The summed E-state index contributed by atoms with van der Waals surface area (Å²) in [6, 6.07) is 19.2. The third-order valence-electron chi connectivity index (χ3n) is 5.87. The molecule has 2 atom stereocenters. The minimum absolute atomic E-state index is 0.119. The molecule has 9 nitrogen and oxygen atoms in total. The van der Waals surface area contributed by atoms with Gasteiger partial charge in [0.1, 0.15) is 11.9 Å².